The van der Waals surface area contributed by atoms with Gasteiger partial charge in [-0.1, -0.05) is 29.8 Å². The van der Waals surface area contributed by atoms with Crippen molar-refractivity contribution in [2.24, 2.45) is 11.6 Å². The van der Waals surface area contributed by atoms with Gasteiger partial charge in [0, 0.05) is 0 Å². The Kier molecular flexibility index (Phi) is 6.94. The lowest BCUT2D eigenvalue weighted by molar-refractivity contribution is 0.249. The Hall–Kier alpha value is -1.64. The van der Waals surface area contributed by atoms with Gasteiger partial charge in [0.05, 0.1) is 12.9 Å². The van der Waals surface area contributed by atoms with Gasteiger partial charge in [-0.15, -0.1) is 0 Å². The number of amides is 2. The van der Waals surface area contributed by atoms with Gasteiger partial charge < -0.3 is 5.73 Å². The van der Waals surface area contributed by atoms with Crippen LogP contribution in [0.15, 0.2) is 24.3 Å². The van der Waals surface area contributed by atoms with Crippen LogP contribution in [0, 0.1) is 6.92 Å². The normalized spacial score (nSPS) is 10.2. The van der Waals surface area contributed by atoms with Crippen molar-refractivity contribution in [3.8, 4) is 0 Å². The number of hydrogen-bond donors (Lipinski definition) is 3. The fourth-order valence-electron chi connectivity index (χ4n) is 0.859. The van der Waals surface area contributed by atoms with Gasteiger partial charge in [-0.05, 0) is 12.5 Å². The van der Waals surface area contributed by atoms with Gasteiger partial charge in [-0.3, -0.25) is 9.61 Å². The van der Waals surface area contributed by atoms with E-state index in [0.29, 0.717) is 0 Å². The summed E-state index contributed by atoms with van der Waals surface area (Å²) in [6.07, 6.45) is 1.04. The molecule has 0 aliphatic heterocycles. The van der Waals surface area contributed by atoms with Crippen LogP contribution in [0.4, 0.5) is 4.79 Å². The Balaban J connectivity index is 0.000000494. The zero-order valence-electron chi connectivity index (χ0n) is 10.2. The van der Waals surface area contributed by atoms with E-state index >= 15 is 0 Å². The van der Waals surface area contributed by atoms with Crippen LogP contribution in [-0.2, 0) is 20.9 Å². The molecule has 0 unspecified atom stereocenters. The van der Waals surface area contributed by atoms with E-state index in [1.165, 1.54) is 0 Å². The van der Waals surface area contributed by atoms with Crippen molar-refractivity contribution in [3.63, 3.8) is 0 Å². The fourth-order valence-corrected chi connectivity index (χ4v) is 1.21. The maximum Gasteiger partial charge on any atom is 0.326 e. The van der Waals surface area contributed by atoms with E-state index in [4.69, 9.17) is 0 Å². The molecule has 0 aromatic heterocycles. The summed E-state index contributed by atoms with van der Waals surface area (Å²) in [6, 6.07) is 6.81. The number of hydrogen-bond acceptors (Lipinski definition) is 5. The quantitative estimate of drug-likeness (QED) is 0.310. The van der Waals surface area contributed by atoms with Crippen molar-refractivity contribution in [2.45, 2.75) is 13.5 Å². The first-order valence-electron chi connectivity index (χ1n) is 4.90. The van der Waals surface area contributed by atoms with Gasteiger partial charge in [0.15, 0.2) is 0 Å². The fraction of sp³-hybridized carbons (Fsp3) is 0.300. The van der Waals surface area contributed by atoms with Crippen LogP contribution in [-0.4, -0.2) is 20.7 Å². The number of urea groups is 1. The molecule has 1 rings (SSSR count). The molecule has 0 radical (unpaired) electrons. The van der Waals surface area contributed by atoms with Crippen LogP contribution in [0.3, 0.4) is 0 Å². The molecule has 2 amide bonds. The number of nitrogens with one attached hydrogen (secondary N) is 1. The highest BCUT2D eigenvalue weighted by molar-refractivity contribution is 7.85. The standard InChI is InChI=1S/C9H12O3S.CH5N3O/c1-8-3-5-9(6-4-8)7-12-13(2,10)11;2-1(5)4-3/h3-6H,7H2,1-2H3;3H2,(H3,2,4,5). The van der Waals surface area contributed by atoms with Crippen LogP contribution in [0.5, 0.6) is 0 Å². The number of aryl methyl sites for hydroxylation is 1. The lowest BCUT2D eigenvalue weighted by Gasteiger charge is -2.01. The molecule has 5 N–H and O–H groups in total. The van der Waals surface area contributed by atoms with E-state index in [1.807, 2.05) is 31.2 Å². The molecule has 18 heavy (non-hydrogen) atoms. The number of carbonyl (C=O) groups excluding carboxylic acids is 1. The van der Waals surface area contributed by atoms with Gasteiger partial charge in [0.25, 0.3) is 10.1 Å². The maximum atomic E-state index is 10.6. The van der Waals surface area contributed by atoms with Gasteiger partial charge in [0.2, 0.25) is 0 Å². The molecule has 1 aromatic carbocycles. The Morgan fingerprint density at radius 1 is 1.33 bits per heavy atom. The summed E-state index contributed by atoms with van der Waals surface area (Å²) in [6.45, 7) is 2.08. The summed E-state index contributed by atoms with van der Waals surface area (Å²) in [4.78, 5) is 9.35. The first-order chi connectivity index (χ1) is 8.24. The lowest BCUT2D eigenvalue weighted by atomic mass is 10.2. The minimum atomic E-state index is -3.33. The van der Waals surface area contributed by atoms with Crippen LogP contribution in [0.1, 0.15) is 11.1 Å². The second-order valence-electron chi connectivity index (χ2n) is 3.46. The summed E-state index contributed by atoms with van der Waals surface area (Å²) < 4.78 is 25.9. The smallest absolute Gasteiger partial charge is 0.326 e. The Labute approximate surface area is 106 Å². The molecule has 0 fully saturated rings. The number of rotatable bonds is 3. The Bertz CT molecular complexity index is 470. The van der Waals surface area contributed by atoms with Gasteiger partial charge in [-0.25, -0.2) is 10.6 Å². The van der Waals surface area contributed by atoms with Crippen molar-refractivity contribution in [1.29, 1.82) is 0 Å². The summed E-state index contributed by atoms with van der Waals surface area (Å²) >= 11 is 0. The third-order valence-corrected chi connectivity index (χ3v) is 2.25. The maximum absolute atomic E-state index is 10.6. The molecule has 0 bridgehead atoms. The van der Waals surface area contributed by atoms with Crippen molar-refractivity contribution in [1.82, 2.24) is 5.43 Å². The highest BCUT2D eigenvalue weighted by Crippen LogP contribution is 2.05. The van der Waals surface area contributed by atoms with E-state index < -0.39 is 16.1 Å². The SMILES string of the molecule is Cc1ccc(COS(C)(=O)=O)cc1.NNC(N)=O. The second-order valence-corrected chi connectivity index (χ2v) is 5.10. The molecule has 0 heterocycles. The Morgan fingerprint density at radius 2 is 1.78 bits per heavy atom. The molecule has 0 aliphatic rings. The highest BCUT2D eigenvalue weighted by atomic mass is 32.2. The van der Waals surface area contributed by atoms with Crippen LogP contribution < -0.4 is 17.0 Å². The third-order valence-electron chi connectivity index (χ3n) is 1.70. The predicted octanol–water partition coefficient (Wildman–Crippen LogP) is -0.000380. The molecule has 1 aromatic rings. The van der Waals surface area contributed by atoms with Gasteiger partial charge in [-0.2, -0.15) is 8.42 Å². The summed E-state index contributed by atoms with van der Waals surface area (Å²) in [5.41, 5.74) is 8.08. The number of benzene rings is 1. The predicted molar refractivity (Wildman–Crippen MR) is 67.7 cm³/mol. The van der Waals surface area contributed by atoms with Crippen molar-refractivity contribution >= 4 is 16.1 Å². The van der Waals surface area contributed by atoms with E-state index in [-0.39, 0.29) is 6.61 Å². The molecular weight excluding hydrogens is 258 g/mol. The minimum absolute atomic E-state index is 0.110. The number of carbonyl (C=O) groups is 1. The van der Waals surface area contributed by atoms with Crippen molar-refractivity contribution in [2.75, 3.05) is 6.26 Å². The molecule has 0 saturated heterocycles. The van der Waals surface area contributed by atoms with Gasteiger partial charge in [0.1, 0.15) is 0 Å². The monoisotopic (exact) mass is 275 g/mol. The summed E-state index contributed by atoms with van der Waals surface area (Å²) in [5.74, 6) is 4.45. The first-order valence-corrected chi connectivity index (χ1v) is 6.72. The molecule has 102 valence electrons. The lowest BCUT2D eigenvalue weighted by Crippen LogP contribution is -2.34. The summed E-state index contributed by atoms with van der Waals surface area (Å²) in [5, 5.41) is 0. The van der Waals surface area contributed by atoms with Crippen LogP contribution in [0.2, 0.25) is 0 Å². The molecule has 0 aliphatic carbocycles. The number of primary amides is 1. The molecule has 0 saturated carbocycles. The van der Waals surface area contributed by atoms with E-state index in [9.17, 15) is 13.2 Å². The zero-order valence-corrected chi connectivity index (χ0v) is 11.0. The van der Waals surface area contributed by atoms with E-state index in [2.05, 4.69) is 15.8 Å². The molecule has 7 nitrogen and oxygen atoms in total. The van der Waals surface area contributed by atoms with Gasteiger partial charge >= 0.3 is 6.03 Å². The highest BCUT2D eigenvalue weighted by Gasteiger charge is 2.01. The van der Waals surface area contributed by atoms with Crippen LogP contribution in [0.25, 0.3) is 0 Å². The number of nitrogens with two attached hydrogens (primary N) is 2. The van der Waals surface area contributed by atoms with Crippen LogP contribution >= 0.6 is 0 Å². The molecular formula is C10H17N3O4S. The molecule has 0 spiro atoms. The Morgan fingerprint density at radius 3 is 2.11 bits per heavy atom. The zero-order chi connectivity index (χ0) is 14.2. The minimum Gasteiger partial charge on any atom is -0.351 e. The third kappa shape index (κ3) is 9.58. The van der Waals surface area contributed by atoms with E-state index in [1.54, 1.807) is 5.43 Å². The summed E-state index contributed by atoms with van der Waals surface area (Å²) in [7, 11) is -3.33. The molecule has 0 atom stereocenters. The number of hydrazine groups is 1. The van der Waals surface area contributed by atoms with Crippen molar-refractivity contribution in [3.05, 3.63) is 35.4 Å². The molecule has 8 heteroatoms. The van der Waals surface area contributed by atoms with E-state index in [0.717, 1.165) is 17.4 Å². The average molecular weight is 275 g/mol. The topological polar surface area (TPSA) is 125 Å². The average Bonchev–Trinajstić information content (AvgIpc) is 2.28. The largest absolute Gasteiger partial charge is 0.351 e. The first kappa shape index (κ1) is 16.4. The van der Waals surface area contributed by atoms with Crippen molar-refractivity contribution < 1.29 is 17.4 Å². The second kappa shape index (κ2) is 7.64.